The first-order chi connectivity index (χ1) is 5.74. The molecular formula is C7H14ClF3N2O. The summed E-state index contributed by atoms with van der Waals surface area (Å²) in [5.74, 6) is -0.482. The number of carbonyl (C=O) groups excluding carboxylic acids is 1. The van der Waals surface area contributed by atoms with E-state index in [4.69, 9.17) is 5.73 Å². The number of nitrogens with two attached hydrogens (primary N) is 1. The number of likely N-dealkylation sites (N-methyl/N-ethyl adjacent to an activating group) is 1. The van der Waals surface area contributed by atoms with Crippen molar-refractivity contribution >= 4 is 18.3 Å². The lowest BCUT2D eigenvalue weighted by molar-refractivity contribution is -0.144. The van der Waals surface area contributed by atoms with Gasteiger partial charge in [-0.25, -0.2) is 0 Å². The molecule has 0 saturated carbocycles. The van der Waals surface area contributed by atoms with Gasteiger partial charge in [-0.2, -0.15) is 13.2 Å². The van der Waals surface area contributed by atoms with E-state index < -0.39 is 24.5 Å². The van der Waals surface area contributed by atoms with Gasteiger partial charge in [0.05, 0.1) is 12.5 Å². The summed E-state index contributed by atoms with van der Waals surface area (Å²) >= 11 is 0. The van der Waals surface area contributed by atoms with E-state index in [9.17, 15) is 18.0 Å². The molecule has 0 aliphatic carbocycles. The van der Waals surface area contributed by atoms with Gasteiger partial charge in [-0.3, -0.25) is 4.79 Å². The number of carbonyl (C=O) groups is 1. The van der Waals surface area contributed by atoms with Crippen molar-refractivity contribution in [2.24, 2.45) is 5.73 Å². The third-order valence-corrected chi connectivity index (χ3v) is 1.50. The Morgan fingerprint density at radius 2 is 1.93 bits per heavy atom. The molecule has 2 N–H and O–H groups in total. The zero-order chi connectivity index (χ0) is 10.6. The van der Waals surface area contributed by atoms with Crippen LogP contribution in [0.4, 0.5) is 13.2 Å². The smallest absolute Gasteiger partial charge is 0.344 e. The Bertz CT molecular complexity index is 184. The van der Waals surface area contributed by atoms with Crippen molar-refractivity contribution in [3.63, 3.8) is 0 Å². The fourth-order valence-electron chi connectivity index (χ4n) is 0.752. The standard InChI is InChI=1S/C7H13F3N2O.ClH/c1-5(11)6(13)12(2)4-3-7(8,9)10;/h5H,3-4,11H2,1-2H3;1H/t5-;/m1./s1. The number of alkyl halides is 3. The Hall–Kier alpha value is -0.490. The minimum Gasteiger partial charge on any atom is -0.344 e. The molecule has 0 spiro atoms. The van der Waals surface area contributed by atoms with Crippen LogP contribution in [0.2, 0.25) is 0 Å². The molecular weight excluding hydrogens is 221 g/mol. The van der Waals surface area contributed by atoms with Crippen molar-refractivity contribution in [3.05, 3.63) is 0 Å². The Labute approximate surface area is 86.8 Å². The summed E-state index contributed by atoms with van der Waals surface area (Å²) in [6.07, 6.45) is -5.23. The van der Waals surface area contributed by atoms with Crippen LogP contribution >= 0.6 is 12.4 Å². The topological polar surface area (TPSA) is 46.3 Å². The van der Waals surface area contributed by atoms with Gasteiger partial charge in [-0.1, -0.05) is 0 Å². The van der Waals surface area contributed by atoms with Gasteiger partial charge < -0.3 is 10.6 Å². The van der Waals surface area contributed by atoms with Crippen LogP contribution in [0.15, 0.2) is 0 Å². The molecule has 0 aromatic heterocycles. The lowest BCUT2D eigenvalue weighted by Gasteiger charge is -2.19. The van der Waals surface area contributed by atoms with Crippen molar-refractivity contribution in [1.29, 1.82) is 0 Å². The molecule has 0 aliphatic rings. The van der Waals surface area contributed by atoms with E-state index >= 15 is 0 Å². The molecule has 7 heteroatoms. The zero-order valence-corrected chi connectivity index (χ0v) is 8.78. The first-order valence-electron chi connectivity index (χ1n) is 3.81. The molecule has 0 fully saturated rings. The highest BCUT2D eigenvalue weighted by molar-refractivity contribution is 5.85. The van der Waals surface area contributed by atoms with Crippen molar-refractivity contribution in [2.45, 2.75) is 25.6 Å². The van der Waals surface area contributed by atoms with Gasteiger partial charge in [0, 0.05) is 13.6 Å². The highest BCUT2D eigenvalue weighted by Gasteiger charge is 2.28. The van der Waals surface area contributed by atoms with Crippen LogP contribution < -0.4 is 5.73 Å². The summed E-state index contributed by atoms with van der Waals surface area (Å²) < 4.78 is 35.1. The van der Waals surface area contributed by atoms with Crippen LogP contribution in [0, 0.1) is 0 Å². The second kappa shape index (κ2) is 6.08. The number of rotatable bonds is 3. The Morgan fingerprint density at radius 1 is 1.50 bits per heavy atom. The molecule has 0 unspecified atom stereocenters. The van der Waals surface area contributed by atoms with Crippen LogP contribution in [-0.2, 0) is 4.79 Å². The van der Waals surface area contributed by atoms with Gasteiger partial charge in [0.1, 0.15) is 0 Å². The molecule has 0 saturated heterocycles. The van der Waals surface area contributed by atoms with Crippen LogP contribution in [-0.4, -0.2) is 36.6 Å². The average Bonchev–Trinajstić information content (AvgIpc) is 1.97. The lowest BCUT2D eigenvalue weighted by atomic mass is 10.3. The quantitative estimate of drug-likeness (QED) is 0.797. The van der Waals surface area contributed by atoms with Crippen molar-refractivity contribution in [1.82, 2.24) is 4.90 Å². The summed E-state index contributed by atoms with van der Waals surface area (Å²) in [5, 5.41) is 0. The maximum atomic E-state index is 11.7. The monoisotopic (exact) mass is 234 g/mol. The lowest BCUT2D eigenvalue weighted by Crippen LogP contribution is -2.41. The molecule has 1 atom stereocenters. The Kier molecular flexibility index (Phi) is 6.93. The van der Waals surface area contributed by atoms with E-state index in [-0.39, 0.29) is 19.0 Å². The van der Waals surface area contributed by atoms with E-state index in [2.05, 4.69) is 0 Å². The fourth-order valence-corrected chi connectivity index (χ4v) is 0.752. The largest absolute Gasteiger partial charge is 0.390 e. The van der Waals surface area contributed by atoms with Crippen molar-refractivity contribution in [2.75, 3.05) is 13.6 Å². The zero-order valence-electron chi connectivity index (χ0n) is 7.97. The van der Waals surface area contributed by atoms with Crippen molar-refractivity contribution < 1.29 is 18.0 Å². The predicted molar refractivity (Wildman–Crippen MR) is 49.2 cm³/mol. The Morgan fingerprint density at radius 3 is 2.21 bits per heavy atom. The average molecular weight is 235 g/mol. The van der Waals surface area contributed by atoms with Gasteiger partial charge in [-0.15, -0.1) is 12.4 Å². The number of hydrogen-bond acceptors (Lipinski definition) is 2. The van der Waals surface area contributed by atoms with E-state index in [0.717, 1.165) is 4.90 Å². The van der Waals surface area contributed by atoms with Gasteiger partial charge in [0.2, 0.25) is 5.91 Å². The summed E-state index contributed by atoms with van der Waals surface area (Å²) in [6.45, 7) is 1.09. The number of nitrogens with zero attached hydrogens (tertiary/aromatic N) is 1. The third-order valence-electron chi connectivity index (χ3n) is 1.50. The SMILES string of the molecule is C[C@@H](N)C(=O)N(C)CCC(F)(F)F.Cl. The van der Waals surface area contributed by atoms with Gasteiger partial charge in [0.25, 0.3) is 0 Å². The van der Waals surface area contributed by atoms with Gasteiger partial charge in [0.15, 0.2) is 0 Å². The maximum Gasteiger partial charge on any atom is 0.390 e. The summed E-state index contributed by atoms with van der Waals surface area (Å²) in [6, 6.07) is -0.752. The Balaban J connectivity index is 0. The van der Waals surface area contributed by atoms with Crippen LogP contribution in [0.3, 0.4) is 0 Å². The molecule has 0 aromatic rings. The number of halogens is 4. The molecule has 0 aliphatic heterocycles. The van der Waals surface area contributed by atoms with Crippen molar-refractivity contribution in [3.8, 4) is 0 Å². The van der Waals surface area contributed by atoms with E-state index in [1.165, 1.54) is 14.0 Å². The summed E-state index contributed by atoms with van der Waals surface area (Å²) in [4.78, 5) is 12.0. The van der Waals surface area contributed by atoms with Crippen LogP contribution in [0.1, 0.15) is 13.3 Å². The molecule has 1 amide bonds. The number of hydrogen-bond donors (Lipinski definition) is 1. The number of amides is 1. The second-order valence-electron chi connectivity index (χ2n) is 2.91. The molecule has 0 aromatic carbocycles. The van der Waals surface area contributed by atoms with Gasteiger partial charge in [-0.05, 0) is 6.92 Å². The van der Waals surface area contributed by atoms with Crippen LogP contribution in [0.5, 0.6) is 0 Å². The molecule has 86 valence electrons. The normalized spacial score (nSPS) is 13.0. The maximum absolute atomic E-state index is 11.7. The minimum atomic E-state index is -4.23. The highest BCUT2D eigenvalue weighted by Crippen LogP contribution is 2.19. The van der Waals surface area contributed by atoms with E-state index in [1.807, 2.05) is 0 Å². The highest BCUT2D eigenvalue weighted by atomic mass is 35.5. The molecule has 3 nitrogen and oxygen atoms in total. The summed E-state index contributed by atoms with van der Waals surface area (Å²) in [5.41, 5.74) is 5.20. The molecule has 0 radical (unpaired) electrons. The predicted octanol–water partition coefficient (Wildman–Crippen LogP) is 1.17. The molecule has 0 bridgehead atoms. The summed E-state index contributed by atoms with van der Waals surface area (Å²) in [7, 11) is 1.30. The molecule has 14 heavy (non-hydrogen) atoms. The molecule has 0 heterocycles. The third kappa shape index (κ3) is 6.97. The second-order valence-corrected chi connectivity index (χ2v) is 2.91. The first-order valence-corrected chi connectivity index (χ1v) is 3.81. The minimum absolute atomic E-state index is 0. The molecule has 0 rings (SSSR count). The van der Waals surface area contributed by atoms with E-state index in [0.29, 0.717) is 0 Å². The van der Waals surface area contributed by atoms with E-state index in [1.54, 1.807) is 0 Å². The van der Waals surface area contributed by atoms with Crippen LogP contribution in [0.25, 0.3) is 0 Å². The first kappa shape index (κ1) is 16.0. The van der Waals surface area contributed by atoms with Gasteiger partial charge >= 0.3 is 6.18 Å². The fraction of sp³-hybridized carbons (Fsp3) is 0.857.